The summed E-state index contributed by atoms with van der Waals surface area (Å²) in [6, 6.07) is 10.2. The van der Waals surface area contributed by atoms with Crippen molar-refractivity contribution in [2.75, 3.05) is 4.72 Å². The lowest BCUT2D eigenvalue weighted by atomic mass is 10.1. The van der Waals surface area contributed by atoms with Gasteiger partial charge in [-0.05, 0) is 49.2 Å². The Labute approximate surface area is 116 Å². The fourth-order valence-corrected chi connectivity index (χ4v) is 3.69. The third kappa shape index (κ3) is 2.95. The number of rotatable bonds is 3. The van der Waals surface area contributed by atoms with Crippen LogP contribution in [0.3, 0.4) is 0 Å². The highest BCUT2D eigenvalue weighted by Crippen LogP contribution is 2.24. The van der Waals surface area contributed by atoms with Gasteiger partial charge >= 0.3 is 0 Å². The summed E-state index contributed by atoms with van der Waals surface area (Å²) in [5.74, 6) is 0. The minimum atomic E-state index is -3.61. The zero-order chi connectivity index (χ0) is 14.0. The van der Waals surface area contributed by atoms with E-state index < -0.39 is 10.0 Å². The van der Waals surface area contributed by atoms with Crippen molar-refractivity contribution in [1.29, 1.82) is 5.26 Å². The molecular weight excluding hydrogens is 280 g/mol. The van der Waals surface area contributed by atoms with Gasteiger partial charge in [0.25, 0.3) is 10.0 Å². The van der Waals surface area contributed by atoms with Crippen LogP contribution < -0.4 is 4.72 Å². The van der Waals surface area contributed by atoms with Gasteiger partial charge in [0.05, 0.1) is 0 Å². The maximum Gasteiger partial charge on any atom is 0.271 e. The maximum absolute atomic E-state index is 12.1. The number of hydrogen-bond donors (Lipinski definition) is 1. The van der Waals surface area contributed by atoms with E-state index in [9.17, 15) is 8.42 Å². The monoisotopic (exact) mass is 292 g/mol. The van der Waals surface area contributed by atoms with Crippen molar-refractivity contribution in [3.8, 4) is 6.07 Å². The Balaban J connectivity index is 2.31. The zero-order valence-electron chi connectivity index (χ0n) is 10.5. The first kappa shape index (κ1) is 13.6. The molecule has 0 aliphatic rings. The molecule has 0 saturated carbocycles. The predicted octanol–water partition coefficient (Wildman–Crippen LogP) is 3.04. The Morgan fingerprint density at radius 1 is 1.16 bits per heavy atom. The van der Waals surface area contributed by atoms with E-state index in [1.54, 1.807) is 12.1 Å². The summed E-state index contributed by atoms with van der Waals surface area (Å²) in [4.78, 5) is 0.375. The molecule has 0 fully saturated rings. The second-order valence-corrected chi connectivity index (χ2v) is 7.13. The third-order valence-corrected chi connectivity index (χ3v) is 5.58. The van der Waals surface area contributed by atoms with Crippen LogP contribution in [0, 0.1) is 25.2 Å². The molecule has 1 N–H and O–H groups in total. The Hall–Kier alpha value is -1.84. The fraction of sp³-hybridized carbons (Fsp3) is 0.154. The maximum atomic E-state index is 12.1. The quantitative estimate of drug-likeness (QED) is 0.945. The lowest BCUT2D eigenvalue weighted by Gasteiger charge is -2.08. The minimum Gasteiger partial charge on any atom is -0.279 e. The highest BCUT2D eigenvalue weighted by Gasteiger charge is 2.17. The second-order valence-electron chi connectivity index (χ2n) is 4.14. The van der Waals surface area contributed by atoms with Gasteiger partial charge in [-0.1, -0.05) is 6.07 Å². The normalized spacial score (nSPS) is 11.0. The van der Waals surface area contributed by atoms with E-state index in [1.807, 2.05) is 26.0 Å². The smallest absolute Gasteiger partial charge is 0.271 e. The van der Waals surface area contributed by atoms with Gasteiger partial charge in [-0.3, -0.25) is 4.72 Å². The fourth-order valence-electron chi connectivity index (χ4n) is 1.54. The van der Waals surface area contributed by atoms with Gasteiger partial charge in [-0.25, -0.2) is 8.42 Å². The van der Waals surface area contributed by atoms with E-state index >= 15 is 0 Å². The summed E-state index contributed by atoms with van der Waals surface area (Å²) < 4.78 is 26.9. The molecule has 0 aliphatic carbocycles. The van der Waals surface area contributed by atoms with Crippen LogP contribution in [0.5, 0.6) is 0 Å². The molecule has 1 aromatic heterocycles. The van der Waals surface area contributed by atoms with Gasteiger partial charge < -0.3 is 0 Å². The Bertz CT molecular complexity index is 755. The molecular formula is C13H12N2O2S2. The van der Waals surface area contributed by atoms with Crippen molar-refractivity contribution in [3.05, 3.63) is 46.3 Å². The van der Waals surface area contributed by atoms with Crippen molar-refractivity contribution in [2.45, 2.75) is 18.1 Å². The molecule has 0 aliphatic heterocycles. The highest BCUT2D eigenvalue weighted by atomic mass is 32.2. The highest BCUT2D eigenvalue weighted by molar-refractivity contribution is 7.94. The van der Waals surface area contributed by atoms with E-state index in [0.29, 0.717) is 10.6 Å². The first-order chi connectivity index (χ1) is 8.92. The molecule has 6 heteroatoms. The minimum absolute atomic E-state index is 0.141. The first-order valence-corrected chi connectivity index (χ1v) is 7.82. The molecule has 19 heavy (non-hydrogen) atoms. The summed E-state index contributed by atoms with van der Waals surface area (Å²) in [7, 11) is -3.61. The van der Waals surface area contributed by atoms with Crippen molar-refractivity contribution in [2.24, 2.45) is 0 Å². The van der Waals surface area contributed by atoms with Gasteiger partial charge in [0.2, 0.25) is 0 Å². The lowest BCUT2D eigenvalue weighted by molar-refractivity contribution is 0.603. The molecule has 1 heterocycles. The molecule has 0 amide bonds. The van der Waals surface area contributed by atoms with E-state index in [1.165, 1.54) is 12.1 Å². The first-order valence-electron chi connectivity index (χ1n) is 5.52. The number of benzene rings is 1. The summed E-state index contributed by atoms with van der Waals surface area (Å²) >= 11 is 0.955. The molecule has 1 aromatic carbocycles. The standard InChI is InChI=1S/C13H12N2O2S2/c1-9-3-4-11(7-10(9)2)15-19(16,17)13-6-5-12(8-14)18-13/h3-7,15H,1-2H3. The van der Waals surface area contributed by atoms with Gasteiger partial charge in [0.1, 0.15) is 15.2 Å². The number of thiophene rings is 1. The Morgan fingerprint density at radius 3 is 2.47 bits per heavy atom. The average molecular weight is 292 g/mol. The molecule has 0 bridgehead atoms. The van der Waals surface area contributed by atoms with Gasteiger partial charge in [-0.15, -0.1) is 11.3 Å². The van der Waals surface area contributed by atoms with Crippen LogP contribution in [0.2, 0.25) is 0 Å². The van der Waals surface area contributed by atoms with Crippen LogP contribution in [0.15, 0.2) is 34.5 Å². The van der Waals surface area contributed by atoms with Gasteiger partial charge in [-0.2, -0.15) is 5.26 Å². The number of anilines is 1. The number of hydrogen-bond acceptors (Lipinski definition) is 4. The van der Waals surface area contributed by atoms with Crippen LogP contribution in [-0.2, 0) is 10.0 Å². The number of sulfonamides is 1. The van der Waals surface area contributed by atoms with E-state index in [4.69, 9.17) is 5.26 Å². The van der Waals surface area contributed by atoms with E-state index in [-0.39, 0.29) is 4.21 Å². The number of nitrogens with zero attached hydrogens (tertiary/aromatic N) is 1. The molecule has 4 nitrogen and oxygen atoms in total. The number of nitrogens with one attached hydrogen (secondary N) is 1. The van der Waals surface area contributed by atoms with Crippen LogP contribution >= 0.6 is 11.3 Å². The third-order valence-electron chi connectivity index (χ3n) is 2.72. The molecule has 0 spiro atoms. The van der Waals surface area contributed by atoms with Gasteiger partial charge in [0.15, 0.2) is 0 Å². The molecule has 2 aromatic rings. The van der Waals surface area contributed by atoms with Crippen LogP contribution in [0.25, 0.3) is 0 Å². The van der Waals surface area contributed by atoms with Crippen molar-refractivity contribution in [1.82, 2.24) is 0 Å². The molecule has 0 unspecified atom stereocenters. The predicted molar refractivity (Wildman–Crippen MR) is 75.8 cm³/mol. The van der Waals surface area contributed by atoms with Crippen LogP contribution in [0.1, 0.15) is 16.0 Å². The zero-order valence-corrected chi connectivity index (χ0v) is 12.1. The molecule has 0 atom stereocenters. The van der Waals surface area contributed by atoms with Crippen molar-refractivity contribution < 1.29 is 8.42 Å². The van der Waals surface area contributed by atoms with Crippen molar-refractivity contribution >= 4 is 27.0 Å². The van der Waals surface area contributed by atoms with Crippen molar-refractivity contribution in [3.63, 3.8) is 0 Å². The SMILES string of the molecule is Cc1ccc(NS(=O)(=O)c2ccc(C#N)s2)cc1C. The average Bonchev–Trinajstić information content (AvgIpc) is 2.83. The van der Waals surface area contributed by atoms with Crippen LogP contribution in [-0.4, -0.2) is 8.42 Å². The summed E-state index contributed by atoms with van der Waals surface area (Å²) in [6.07, 6.45) is 0. The summed E-state index contributed by atoms with van der Waals surface area (Å²) in [5, 5.41) is 8.72. The van der Waals surface area contributed by atoms with Crippen LogP contribution in [0.4, 0.5) is 5.69 Å². The largest absolute Gasteiger partial charge is 0.279 e. The molecule has 2 rings (SSSR count). The molecule has 0 saturated heterocycles. The Morgan fingerprint density at radius 2 is 1.89 bits per heavy atom. The number of aryl methyl sites for hydroxylation is 2. The summed E-state index contributed by atoms with van der Waals surface area (Å²) in [5.41, 5.74) is 2.64. The Kier molecular flexibility index (Phi) is 3.60. The van der Waals surface area contributed by atoms with E-state index in [2.05, 4.69) is 4.72 Å². The number of nitriles is 1. The molecule has 0 radical (unpaired) electrons. The summed E-state index contributed by atoms with van der Waals surface area (Å²) in [6.45, 7) is 3.89. The lowest BCUT2D eigenvalue weighted by Crippen LogP contribution is -2.11. The second kappa shape index (κ2) is 5.03. The van der Waals surface area contributed by atoms with E-state index in [0.717, 1.165) is 22.5 Å². The molecule has 98 valence electrons. The topological polar surface area (TPSA) is 70.0 Å². The van der Waals surface area contributed by atoms with Gasteiger partial charge in [0, 0.05) is 5.69 Å².